The topological polar surface area (TPSA) is 0 Å². The Bertz CT molecular complexity index is 1200. The number of benzene rings is 3. The maximum absolute atomic E-state index is 2.38. The van der Waals surface area contributed by atoms with E-state index in [0.717, 1.165) is 0 Å². The molecule has 0 heterocycles. The Balaban J connectivity index is 0.000000494. The maximum atomic E-state index is 2.38. The van der Waals surface area contributed by atoms with Gasteiger partial charge in [0.2, 0.25) is 0 Å². The Morgan fingerprint density at radius 2 is 1.43 bits per heavy atom. The zero-order valence-electron chi connectivity index (χ0n) is 17.1. The van der Waals surface area contributed by atoms with Gasteiger partial charge < -0.3 is 24.8 Å². The van der Waals surface area contributed by atoms with Crippen LogP contribution >= 0.6 is 0 Å². The fraction of sp³-hybridized carbons (Fsp3) is 0.111. The van der Waals surface area contributed by atoms with Crippen LogP contribution in [0.15, 0.2) is 97.1 Å². The summed E-state index contributed by atoms with van der Waals surface area (Å²) in [5.74, 6) is 0.348. The van der Waals surface area contributed by atoms with E-state index in [0.29, 0.717) is 5.92 Å². The molecule has 1 unspecified atom stereocenters. The van der Waals surface area contributed by atoms with E-state index in [1.165, 1.54) is 41.5 Å². The molecule has 0 nitrogen and oxygen atoms in total. The first-order valence-electron chi connectivity index (χ1n) is 9.68. The minimum absolute atomic E-state index is 0. The van der Waals surface area contributed by atoms with E-state index in [4.69, 9.17) is 0 Å². The molecule has 1 atom stereocenters. The molecule has 1 aliphatic carbocycles. The third kappa shape index (κ3) is 5.33. The van der Waals surface area contributed by atoms with Gasteiger partial charge in [0.25, 0.3) is 0 Å². The summed E-state index contributed by atoms with van der Waals surface area (Å²) in [5, 5.41) is 5.41. The van der Waals surface area contributed by atoms with Gasteiger partial charge in [-0.1, -0.05) is 90.5 Å². The molecule has 0 aliphatic heterocycles. The molecule has 30 heavy (non-hydrogen) atoms. The first-order valence-corrected chi connectivity index (χ1v) is 10.9. The van der Waals surface area contributed by atoms with Gasteiger partial charge in [0.05, 0.1) is 0 Å². The van der Waals surface area contributed by atoms with Gasteiger partial charge in [-0.15, -0.1) is 33.7 Å². The molecule has 0 fully saturated rings. The van der Waals surface area contributed by atoms with Gasteiger partial charge in [-0.25, -0.2) is 0 Å². The zero-order chi connectivity index (χ0) is 19.5. The quantitative estimate of drug-likeness (QED) is 0.357. The Labute approximate surface area is 206 Å². The molecule has 0 bridgehead atoms. The van der Waals surface area contributed by atoms with Gasteiger partial charge in [-0.05, 0) is 17.1 Å². The fourth-order valence-corrected chi connectivity index (χ4v) is 3.82. The number of hydrogen-bond donors (Lipinski definition) is 0. The van der Waals surface area contributed by atoms with Crippen LogP contribution in [0.25, 0.3) is 27.1 Å². The second-order valence-corrected chi connectivity index (χ2v) is 9.87. The van der Waals surface area contributed by atoms with Gasteiger partial charge in [0, 0.05) is 0 Å². The Morgan fingerprint density at radius 3 is 2.17 bits per heavy atom. The van der Waals surface area contributed by atoms with E-state index < -0.39 is 0 Å². The van der Waals surface area contributed by atoms with Crippen LogP contribution in [0.1, 0.15) is 30.9 Å². The summed E-state index contributed by atoms with van der Waals surface area (Å²) in [6, 6.07) is 28.3. The van der Waals surface area contributed by atoms with Crippen LogP contribution in [0.3, 0.4) is 0 Å². The number of allylic oxidation sites excluding steroid dienone is 4. The van der Waals surface area contributed by atoms with Crippen molar-refractivity contribution in [1.29, 1.82) is 0 Å². The van der Waals surface area contributed by atoms with Crippen molar-refractivity contribution >= 4 is 30.3 Å². The average Bonchev–Trinajstić information content (AvgIpc) is 3.33. The number of fused-ring (bicyclic) bond motifs is 3. The van der Waals surface area contributed by atoms with Crippen LogP contribution in [-0.2, 0) is 24.2 Å². The summed E-state index contributed by atoms with van der Waals surface area (Å²) < 4.78 is 1.51. The van der Waals surface area contributed by atoms with E-state index in [1.54, 1.807) is 24.2 Å². The van der Waals surface area contributed by atoms with Gasteiger partial charge in [0.1, 0.15) is 0 Å². The van der Waals surface area contributed by atoms with Crippen LogP contribution in [0, 0.1) is 0 Å². The molecule has 0 N–H and O–H groups in total. The molecule has 4 aromatic rings. The van der Waals surface area contributed by atoms with Gasteiger partial charge >= 0.3 is 41.3 Å². The largest absolute Gasteiger partial charge is 1.00 e. The van der Waals surface area contributed by atoms with E-state index in [-0.39, 0.29) is 24.8 Å². The summed E-state index contributed by atoms with van der Waals surface area (Å²) in [6.45, 7) is 4.25. The summed E-state index contributed by atoms with van der Waals surface area (Å²) in [7, 11) is 0. The van der Waals surface area contributed by atoms with Crippen LogP contribution in [0.5, 0.6) is 0 Å². The summed E-state index contributed by atoms with van der Waals surface area (Å²) in [6.07, 6.45) is 6.94. The maximum Gasteiger partial charge on any atom is -1.00 e. The first kappa shape index (κ1) is 24.6. The Kier molecular flexibility index (Phi) is 9.11. The molecule has 5 rings (SSSR count). The summed E-state index contributed by atoms with van der Waals surface area (Å²) in [4.78, 5) is 0. The minimum Gasteiger partial charge on any atom is -1.00 e. The van der Waals surface area contributed by atoms with Gasteiger partial charge in [0.15, 0.2) is 0 Å². The summed E-state index contributed by atoms with van der Waals surface area (Å²) >= 11 is 1.55. The van der Waals surface area contributed by atoms with E-state index in [2.05, 4.69) is 111 Å². The van der Waals surface area contributed by atoms with E-state index in [9.17, 15) is 0 Å². The molecule has 0 saturated heterocycles. The van der Waals surface area contributed by atoms with Crippen molar-refractivity contribution < 1.29 is 49.0 Å². The fourth-order valence-electron chi connectivity index (χ4n) is 3.82. The van der Waals surface area contributed by atoms with E-state index in [1.807, 2.05) is 0 Å². The molecule has 0 radical (unpaired) electrons. The number of hydrogen-bond acceptors (Lipinski definition) is 0. The van der Waals surface area contributed by atoms with Gasteiger partial charge in [-0.3, -0.25) is 0 Å². The molecule has 0 spiro atoms. The van der Waals surface area contributed by atoms with Crippen molar-refractivity contribution in [2.45, 2.75) is 19.8 Å². The Morgan fingerprint density at radius 1 is 0.800 bits per heavy atom. The minimum atomic E-state index is 0. The third-order valence-electron chi connectivity index (χ3n) is 5.00. The van der Waals surface area contributed by atoms with Crippen LogP contribution in [0.2, 0.25) is 0 Å². The average molecular weight is 510 g/mol. The molecule has 3 heteroatoms. The van der Waals surface area contributed by atoms with Crippen molar-refractivity contribution in [2.75, 3.05) is 0 Å². The molecular weight excluding hydrogens is 486 g/mol. The second kappa shape index (κ2) is 11.1. The zero-order valence-corrected chi connectivity index (χ0v) is 21.0. The molecule has 150 valence electrons. The predicted octanol–water partition coefficient (Wildman–Crippen LogP) is 1.20. The molecule has 4 aromatic carbocycles. The molecule has 0 amide bonds. The SMILES string of the molecule is C1=CC(c2cccc3c2[cH-]c2ccccc23)C=C1c1ccccc1.C[C](C)=[Zr+2].[Cl-].[Cl-]. The Hall–Kier alpha value is -1.66. The van der Waals surface area contributed by atoms with E-state index >= 15 is 0 Å². The predicted molar refractivity (Wildman–Crippen MR) is 120 cm³/mol. The number of rotatable bonds is 2. The molecular formula is C27H23Cl2Zr-. The second-order valence-electron chi connectivity index (χ2n) is 7.41. The van der Waals surface area contributed by atoms with Crippen molar-refractivity contribution in [3.63, 3.8) is 0 Å². The van der Waals surface area contributed by atoms with Crippen LogP contribution in [0.4, 0.5) is 0 Å². The van der Waals surface area contributed by atoms with Crippen LogP contribution in [-0.4, -0.2) is 3.21 Å². The first-order chi connectivity index (χ1) is 13.6. The normalized spacial score (nSPS) is 14.4. The van der Waals surface area contributed by atoms with Crippen LogP contribution < -0.4 is 24.8 Å². The number of halogens is 2. The van der Waals surface area contributed by atoms with Crippen molar-refractivity contribution in [3.8, 4) is 0 Å². The standard InChI is InChI=1S/C24H17.C3H6.2ClH.Zr/c1-2-7-17(8-3-1)18-13-14-20(15-18)22-11-6-12-23-21-10-5-4-9-19(21)16-24(22)23;1-3-2;;;/h1-16,20H;1-2H3;2*1H;/q-1;;;;+2/p-2. The van der Waals surface area contributed by atoms with Gasteiger partial charge in [-0.2, -0.15) is 0 Å². The van der Waals surface area contributed by atoms with Crippen molar-refractivity contribution in [3.05, 3.63) is 108 Å². The van der Waals surface area contributed by atoms with Crippen molar-refractivity contribution in [1.82, 2.24) is 0 Å². The van der Waals surface area contributed by atoms with Crippen molar-refractivity contribution in [2.24, 2.45) is 0 Å². The smallest absolute Gasteiger partial charge is 1.00 e. The molecule has 0 saturated carbocycles. The monoisotopic (exact) mass is 507 g/mol. The third-order valence-corrected chi connectivity index (χ3v) is 5.00. The summed E-state index contributed by atoms with van der Waals surface area (Å²) in [5.41, 5.74) is 4.00. The molecule has 0 aromatic heterocycles. The molecule has 1 aliphatic rings.